The second kappa shape index (κ2) is 7.65. The molecule has 9 heteroatoms. The van der Waals surface area contributed by atoms with Gasteiger partial charge in [-0.2, -0.15) is 0 Å². The third-order valence-electron chi connectivity index (χ3n) is 4.66. The summed E-state index contributed by atoms with van der Waals surface area (Å²) in [4.78, 5) is 24.8. The normalized spacial score (nSPS) is 20.1. The fraction of sp³-hybridized carbons (Fsp3) is 0.368. The van der Waals surface area contributed by atoms with Crippen LogP contribution in [0.1, 0.15) is 36.6 Å². The first-order valence-corrected chi connectivity index (χ1v) is 8.45. The molecule has 2 aliphatic rings. The Bertz CT molecular complexity index is 892. The molecule has 1 N–H and O–H groups in total. The summed E-state index contributed by atoms with van der Waals surface area (Å²) in [5.74, 6) is -3.96. The largest absolute Gasteiger partial charge is 0.466 e. The molecule has 2 atom stereocenters. The number of dihydropyridines is 1. The quantitative estimate of drug-likeness (QED) is 0.607. The first-order chi connectivity index (χ1) is 13.3. The predicted octanol–water partition coefficient (Wildman–Crippen LogP) is 3.44. The zero-order valence-electron chi connectivity index (χ0n) is 15.0. The molecule has 5 nitrogen and oxygen atoms in total. The maximum Gasteiger partial charge on any atom is 0.337 e. The van der Waals surface area contributed by atoms with E-state index in [0.717, 1.165) is 20.1 Å². The van der Waals surface area contributed by atoms with Crippen molar-refractivity contribution in [2.24, 2.45) is 0 Å². The van der Waals surface area contributed by atoms with Gasteiger partial charge in [-0.15, -0.1) is 0 Å². The van der Waals surface area contributed by atoms with Gasteiger partial charge in [-0.25, -0.2) is 27.2 Å². The van der Waals surface area contributed by atoms with Crippen molar-refractivity contribution in [2.75, 3.05) is 13.7 Å². The lowest BCUT2D eigenvalue weighted by Crippen LogP contribution is -2.32. The first kappa shape index (κ1) is 19.9. The SMILES string of the molecule is COC(=O)C1=C(CC(F)F)NC2=C(C(=O)OC2)[C@@H]1c1cccc(F)c1C(C)F. The minimum atomic E-state index is -2.81. The van der Waals surface area contributed by atoms with E-state index in [1.54, 1.807) is 0 Å². The number of nitrogens with one attached hydrogen (secondary N) is 1. The lowest BCUT2D eigenvalue weighted by atomic mass is 9.78. The number of methoxy groups -OCH3 is 1. The summed E-state index contributed by atoms with van der Waals surface area (Å²) in [6.45, 7) is 0.883. The molecule has 0 saturated heterocycles. The Balaban J connectivity index is 2.30. The van der Waals surface area contributed by atoms with E-state index in [-0.39, 0.29) is 40.3 Å². The first-order valence-electron chi connectivity index (χ1n) is 8.45. The van der Waals surface area contributed by atoms with Gasteiger partial charge in [0, 0.05) is 17.7 Å². The molecule has 0 aliphatic carbocycles. The van der Waals surface area contributed by atoms with Crippen LogP contribution in [0, 0.1) is 5.82 Å². The van der Waals surface area contributed by atoms with Gasteiger partial charge in [-0.1, -0.05) is 12.1 Å². The number of cyclic esters (lactones) is 1. The third kappa shape index (κ3) is 3.36. The highest BCUT2D eigenvalue weighted by Crippen LogP contribution is 2.45. The molecule has 2 aliphatic heterocycles. The topological polar surface area (TPSA) is 64.6 Å². The summed E-state index contributed by atoms with van der Waals surface area (Å²) in [5.41, 5.74) is -0.724. The molecular weight excluding hydrogens is 382 g/mol. The van der Waals surface area contributed by atoms with Gasteiger partial charge >= 0.3 is 11.9 Å². The van der Waals surface area contributed by atoms with E-state index >= 15 is 0 Å². The van der Waals surface area contributed by atoms with Crippen molar-refractivity contribution in [1.29, 1.82) is 0 Å². The minimum absolute atomic E-state index is 0.0185. The van der Waals surface area contributed by atoms with E-state index in [9.17, 15) is 27.2 Å². The van der Waals surface area contributed by atoms with E-state index in [1.165, 1.54) is 12.1 Å². The predicted molar refractivity (Wildman–Crippen MR) is 89.4 cm³/mol. The molecule has 1 aromatic rings. The summed E-state index contributed by atoms with van der Waals surface area (Å²) in [6.07, 6.45) is -5.41. The molecule has 0 fully saturated rings. The van der Waals surface area contributed by atoms with Gasteiger partial charge in [0.1, 0.15) is 18.6 Å². The molecule has 0 radical (unpaired) electrons. The highest BCUT2D eigenvalue weighted by Gasteiger charge is 2.44. The second-order valence-corrected chi connectivity index (χ2v) is 6.36. The summed E-state index contributed by atoms with van der Waals surface area (Å²) in [5, 5.41) is 2.65. The van der Waals surface area contributed by atoms with E-state index in [4.69, 9.17) is 9.47 Å². The van der Waals surface area contributed by atoms with Crippen LogP contribution < -0.4 is 5.32 Å². The van der Waals surface area contributed by atoms with Crippen LogP contribution in [0.2, 0.25) is 0 Å². The molecule has 0 spiro atoms. The van der Waals surface area contributed by atoms with Crippen LogP contribution in [0.5, 0.6) is 0 Å². The van der Waals surface area contributed by atoms with Crippen molar-refractivity contribution in [3.63, 3.8) is 0 Å². The molecule has 0 amide bonds. The Labute approximate surface area is 158 Å². The number of halogens is 4. The Hall–Kier alpha value is -2.84. The van der Waals surface area contributed by atoms with Gasteiger partial charge in [0.15, 0.2) is 0 Å². The van der Waals surface area contributed by atoms with Crippen molar-refractivity contribution in [3.8, 4) is 0 Å². The second-order valence-electron chi connectivity index (χ2n) is 6.36. The fourth-order valence-corrected chi connectivity index (χ4v) is 3.58. The van der Waals surface area contributed by atoms with Crippen LogP contribution in [0.15, 0.2) is 40.7 Å². The standard InChI is InChI=1S/C19H17F4NO4/c1-8(20)14-9(4-3-5-10(14)21)15-16(18(25)27-2)11(6-13(22)23)24-12-7-28-19(26)17(12)15/h3-5,8,13,15,24H,6-7H2,1-2H3/t8?,15-/m1/s1. The zero-order valence-corrected chi connectivity index (χ0v) is 15.0. The van der Waals surface area contributed by atoms with Gasteiger partial charge in [0.2, 0.25) is 6.43 Å². The van der Waals surface area contributed by atoms with Crippen molar-refractivity contribution in [1.82, 2.24) is 5.32 Å². The van der Waals surface area contributed by atoms with E-state index < -0.39 is 42.7 Å². The lowest BCUT2D eigenvalue weighted by molar-refractivity contribution is -0.136. The van der Waals surface area contributed by atoms with E-state index in [0.29, 0.717) is 0 Å². The van der Waals surface area contributed by atoms with Gasteiger partial charge in [0.05, 0.1) is 29.9 Å². The number of benzene rings is 1. The molecule has 0 bridgehead atoms. The Morgan fingerprint density at radius 2 is 2.07 bits per heavy atom. The molecule has 0 aromatic heterocycles. The molecule has 150 valence electrons. The number of carbonyl (C=O) groups is 2. The van der Waals surface area contributed by atoms with Crippen LogP contribution in [0.25, 0.3) is 0 Å². The summed E-state index contributed by atoms with van der Waals surface area (Å²) >= 11 is 0. The zero-order chi connectivity index (χ0) is 20.6. The van der Waals surface area contributed by atoms with Gasteiger partial charge in [-0.3, -0.25) is 0 Å². The number of ether oxygens (including phenoxy) is 2. The van der Waals surface area contributed by atoms with Crippen molar-refractivity contribution >= 4 is 11.9 Å². The van der Waals surface area contributed by atoms with Crippen molar-refractivity contribution < 1.29 is 36.6 Å². The van der Waals surface area contributed by atoms with Crippen molar-refractivity contribution in [2.45, 2.75) is 31.9 Å². The monoisotopic (exact) mass is 399 g/mol. The number of carbonyl (C=O) groups excluding carboxylic acids is 2. The molecule has 2 heterocycles. The van der Waals surface area contributed by atoms with E-state index in [1.807, 2.05) is 0 Å². The maximum atomic E-state index is 14.4. The number of allylic oxidation sites excluding steroid dienone is 1. The van der Waals surface area contributed by atoms with Crippen LogP contribution in [0.4, 0.5) is 17.6 Å². The minimum Gasteiger partial charge on any atom is -0.466 e. The average molecular weight is 399 g/mol. The average Bonchev–Trinajstić information content (AvgIpc) is 2.99. The summed E-state index contributed by atoms with van der Waals surface area (Å²) < 4.78 is 64.5. The Morgan fingerprint density at radius 1 is 1.36 bits per heavy atom. The molecule has 0 saturated carbocycles. The Morgan fingerprint density at radius 3 is 2.68 bits per heavy atom. The van der Waals surface area contributed by atoms with Gasteiger partial charge in [0.25, 0.3) is 0 Å². The van der Waals surface area contributed by atoms with Crippen LogP contribution in [-0.4, -0.2) is 32.1 Å². The number of esters is 2. The van der Waals surface area contributed by atoms with E-state index in [2.05, 4.69) is 5.32 Å². The fourth-order valence-electron chi connectivity index (χ4n) is 3.58. The molecular formula is C19H17F4NO4. The van der Waals surface area contributed by atoms with Gasteiger partial charge < -0.3 is 14.8 Å². The van der Waals surface area contributed by atoms with Crippen LogP contribution >= 0.6 is 0 Å². The number of alkyl halides is 3. The molecule has 1 aromatic carbocycles. The summed E-state index contributed by atoms with van der Waals surface area (Å²) in [7, 11) is 1.05. The molecule has 1 unspecified atom stereocenters. The highest BCUT2D eigenvalue weighted by atomic mass is 19.3. The van der Waals surface area contributed by atoms with Gasteiger partial charge in [-0.05, 0) is 18.6 Å². The number of rotatable bonds is 5. The molecule has 3 rings (SSSR count). The molecule has 28 heavy (non-hydrogen) atoms. The maximum absolute atomic E-state index is 14.4. The number of hydrogen-bond acceptors (Lipinski definition) is 5. The highest BCUT2D eigenvalue weighted by molar-refractivity contribution is 6.01. The van der Waals surface area contributed by atoms with Crippen molar-refractivity contribution in [3.05, 3.63) is 57.7 Å². The third-order valence-corrected chi connectivity index (χ3v) is 4.66. The summed E-state index contributed by atoms with van der Waals surface area (Å²) in [6, 6.07) is 3.68. The Kier molecular flexibility index (Phi) is 5.44. The van der Waals surface area contributed by atoms with Crippen LogP contribution in [0.3, 0.4) is 0 Å². The number of hydrogen-bond donors (Lipinski definition) is 1. The van der Waals surface area contributed by atoms with Crippen LogP contribution in [-0.2, 0) is 19.1 Å². The lowest BCUT2D eigenvalue weighted by Gasteiger charge is -2.30. The smallest absolute Gasteiger partial charge is 0.337 e.